The zero-order chi connectivity index (χ0) is 18.2. The van der Waals surface area contributed by atoms with Gasteiger partial charge in [-0.2, -0.15) is 13.2 Å². The van der Waals surface area contributed by atoms with E-state index in [1.54, 1.807) is 0 Å². The third-order valence-corrected chi connectivity index (χ3v) is 6.73. The van der Waals surface area contributed by atoms with E-state index in [2.05, 4.69) is 12.1 Å². The van der Waals surface area contributed by atoms with Crippen LogP contribution in [0.1, 0.15) is 48.3 Å². The molecule has 4 heteroatoms. The van der Waals surface area contributed by atoms with E-state index in [1.165, 1.54) is 17.7 Å². The molecule has 4 saturated carbocycles. The summed E-state index contributed by atoms with van der Waals surface area (Å²) in [5.41, 5.74) is 1.62. The topological polar surface area (TPSA) is 17.1 Å². The summed E-state index contributed by atoms with van der Waals surface area (Å²) in [4.78, 5) is 13.0. The summed E-state index contributed by atoms with van der Waals surface area (Å²) in [5.74, 6) is 0.451. The van der Waals surface area contributed by atoms with Crippen molar-refractivity contribution in [2.45, 2.75) is 43.2 Å². The summed E-state index contributed by atoms with van der Waals surface area (Å²) >= 11 is 0. The fraction of sp³-hybridized carbons (Fsp3) is 0.409. The molecule has 0 aliphatic heterocycles. The van der Waals surface area contributed by atoms with Gasteiger partial charge in [-0.25, -0.2) is 0 Å². The Morgan fingerprint density at radius 3 is 2.12 bits per heavy atom. The van der Waals surface area contributed by atoms with E-state index in [4.69, 9.17) is 0 Å². The van der Waals surface area contributed by atoms with Crippen LogP contribution in [0.3, 0.4) is 0 Å². The molecule has 0 saturated heterocycles. The van der Waals surface area contributed by atoms with Gasteiger partial charge in [-0.3, -0.25) is 4.79 Å². The molecule has 134 valence electrons. The first-order valence-corrected chi connectivity index (χ1v) is 9.10. The van der Waals surface area contributed by atoms with Crippen molar-refractivity contribution in [3.8, 4) is 0 Å². The van der Waals surface area contributed by atoms with Gasteiger partial charge in [0.15, 0.2) is 0 Å². The molecule has 2 unspecified atom stereocenters. The number of alkyl halides is 3. The molecule has 0 heterocycles. The van der Waals surface area contributed by atoms with E-state index >= 15 is 0 Å². The van der Waals surface area contributed by atoms with Crippen LogP contribution in [0.2, 0.25) is 0 Å². The largest absolute Gasteiger partial charge is 0.416 e. The normalized spacial score (nSPS) is 34.6. The Hall–Kier alpha value is -2.10. The molecule has 2 bridgehead atoms. The van der Waals surface area contributed by atoms with Gasteiger partial charge in [0.25, 0.3) is 0 Å². The van der Waals surface area contributed by atoms with Crippen molar-refractivity contribution in [2.75, 3.05) is 0 Å². The predicted molar refractivity (Wildman–Crippen MR) is 91.7 cm³/mol. The molecule has 1 nitrogen and oxygen atoms in total. The molecule has 4 fully saturated rings. The van der Waals surface area contributed by atoms with Gasteiger partial charge in [0, 0.05) is 11.3 Å². The van der Waals surface area contributed by atoms with E-state index in [0.717, 1.165) is 43.4 Å². The van der Waals surface area contributed by atoms with Crippen molar-refractivity contribution in [3.63, 3.8) is 0 Å². The summed E-state index contributed by atoms with van der Waals surface area (Å²) in [7, 11) is 0. The molecular weight excluding hydrogens is 337 g/mol. The second-order valence-electron chi connectivity index (χ2n) is 8.39. The molecule has 0 radical (unpaired) electrons. The number of Topliss-reactive ketones (excluding diaryl/α,β-unsaturated/α-hetero) is 1. The maximum atomic E-state index is 13.0. The Bertz CT molecular complexity index is 847. The lowest BCUT2D eigenvalue weighted by Crippen LogP contribution is -2.68. The van der Waals surface area contributed by atoms with E-state index in [0.29, 0.717) is 5.78 Å². The van der Waals surface area contributed by atoms with Crippen molar-refractivity contribution in [1.29, 1.82) is 0 Å². The van der Waals surface area contributed by atoms with Gasteiger partial charge in [0.1, 0.15) is 5.78 Å². The van der Waals surface area contributed by atoms with Crippen LogP contribution in [0.4, 0.5) is 13.2 Å². The molecule has 2 atom stereocenters. The van der Waals surface area contributed by atoms with Crippen LogP contribution in [0, 0.1) is 11.3 Å². The highest BCUT2D eigenvalue weighted by atomic mass is 19.4. The summed E-state index contributed by atoms with van der Waals surface area (Å²) in [6.45, 7) is 0. The summed E-state index contributed by atoms with van der Waals surface area (Å²) in [6, 6.07) is 15.7. The SMILES string of the molecule is O=C(C1CC1c1ccc(C(F)(F)F)cc1)C12CC(c3ccccc3)(C1)C2. The summed E-state index contributed by atoms with van der Waals surface area (Å²) in [5, 5.41) is 0. The minimum atomic E-state index is -4.31. The number of rotatable bonds is 4. The molecule has 2 aromatic carbocycles. The standard InChI is InChI=1S/C22H19F3O/c23-22(24,25)16-8-6-14(7-9-16)17-10-18(17)19(26)21-11-20(12-21,13-21)15-4-2-1-3-5-15/h1-9,17-18H,10-13H2. The molecule has 0 aromatic heterocycles. The van der Waals surface area contributed by atoms with Gasteiger partial charge >= 0.3 is 6.18 Å². The van der Waals surface area contributed by atoms with E-state index < -0.39 is 11.7 Å². The molecule has 0 amide bonds. The summed E-state index contributed by atoms with van der Waals surface area (Å²) in [6.07, 6.45) is -0.698. The first-order valence-electron chi connectivity index (χ1n) is 9.10. The number of benzene rings is 2. The van der Waals surface area contributed by atoms with Crippen LogP contribution in [-0.2, 0) is 16.4 Å². The van der Waals surface area contributed by atoms with Crippen LogP contribution >= 0.6 is 0 Å². The molecule has 0 N–H and O–H groups in total. The third kappa shape index (κ3) is 2.20. The van der Waals surface area contributed by atoms with Gasteiger partial charge in [-0.15, -0.1) is 0 Å². The number of carbonyl (C=O) groups is 1. The number of hydrogen-bond acceptors (Lipinski definition) is 1. The Labute approximate surface area is 150 Å². The predicted octanol–water partition coefficient (Wildman–Crippen LogP) is 5.50. The average Bonchev–Trinajstić information content (AvgIpc) is 3.33. The highest BCUT2D eigenvalue weighted by molar-refractivity contribution is 5.94. The minimum Gasteiger partial charge on any atom is -0.299 e. The van der Waals surface area contributed by atoms with Crippen LogP contribution in [-0.4, -0.2) is 5.78 Å². The highest BCUT2D eigenvalue weighted by Gasteiger charge is 2.73. The smallest absolute Gasteiger partial charge is 0.299 e. The van der Waals surface area contributed by atoms with Crippen molar-refractivity contribution in [1.82, 2.24) is 0 Å². The van der Waals surface area contributed by atoms with Gasteiger partial charge < -0.3 is 0 Å². The van der Waals surface area contributed by atoms with Gasteiger partial charge in [0.05, 0.1) is 5.56 Å². The monoisotopic (exact) mass is 356 g/mol. The molecule has 4 aliphatic carbocycles. The minimum absolute atomic E-state index is 0.000750. The fourth-order valence-corrected chi connectivity index (χ4v) is 5.31. The maximum absolute atomic E-state index is 13.0. The lowest BCUT2D eigenvalue weighted by molar-refractivity contribution is -0.175. The lowest BCUT2D eigenvalue weighted by atomic mass is 9.32. The van der Waals surface area contributed by atoms with Crippen molar-refractivity contribution < 1.29 is 18.0 Å². The fourth-order valence-electron chi connectivity index (χ4n) is 5.31. The zero-order valence-corrected chi connectivity index (χ0v) is 14.2. The first-order chi connectivity index (χ1) is 12.3. The quantitative estimate of drug-likeness (QED) is 0.707. The Kier molecular flexibility index (Phi) is 3.09. The molecule has 2 aromatic rings. The molecule has 4 aliphatic rings. The molecule has 0 spiro atoms. The number of carbonyl (C=O) groups excluding carboxylic acids is 1. The Morgan fingerprint density at radius 1 is 0.923 bits per heavy atom. The number of halogens is 3. The molecule has 6 rings (SSSR count). The van der Waals surface area contributed by atoms with Gasteiger partial charge in [-0.1, -0.05) is 42.5 Å². The van der Waals surface area contributed by atoms with Crippen LogP contribution in [0.25, 0.3) is 0 Å². The Morgan fingerprint density at radius 2 is 1.54 bits per heavy atom. The highest BCUT2D eigenvalue weighted by Crippen LogP contribution is 2.75. The van der Waals surface area contributed by atoms with Crippen LogP contribution in [0.5, 0.6) is 0 Å². The zero-order valence-electron chi connectivity index (χ0n) is 14.2. The Balaban J connectivity index is 1.25. The lowest BCUT2D eigenvalue weighted by Gasteiger charge is -2.70. The van der Waals surface area contributed by atoms with Crippen molar-refractivity contribution in [3.05, 3.63) is 71.3 Å². The summed E-state index contributed by atoms with van der Waals surface area (Å²) < 4.78 is 38.0. The van der Waals surface area contributed by atoms with Crippen molar-refractivity contribution in [2.24, 2.45) is 11.3 Å². The maximum Gasteiger partial charge on any atom is 0.416 e. The average molecular weight is 356 g/mol. The van der Waals surface area contributed by atoms with Gasteiger partial charge in [0.2, 0.25) is 0 Å². The van der Waals surface area contributed by atoms with Crippen LogP contribution < -0.4 is 0 Å². The number of hydrogen-bond donors (Lipinski definition) is 0. The first kappa shape index (κ1) is 16.1. The van der Waals surface area contributed by atoms with Crippen LogP contribution in [0.15, 0.2) is 54.6 Å². The third-order valence-electron chi connectivity index (χ3n) is 6.73. The van der Waals surface area contributed by atoms with E-state index in [9.17, 15) is 18.0 Å². The second kappa shape index (κ2) is 4.99. The van der Waals surface area contributed by atoms with Gasteiger partial charge in [-0.05, 0) is 60.3 Å². The van der Waals surface area contributed by atoms with Crippen molar-refractivity contribution >= 4 is 5.78 Å². The van der Waals surface area contributed by atoms with E-state index in [-0.39, 0.29) is 22.7 Å². The molecule has 26 heavy (non-hydrogen) atoms. The second-order valence-corrected chi connectivity index (χ2v) is 8.39. The van der Waals surface area contributed by atoms with E-state index in [1.807, 2.05) is 18.2 Å². The number of ketones is 1. The molecular formula is C22H19F3O.